The number of carbonyl (C=O) groups is 1. The first-order valence-electron chi connectivity index (χ1n) is 12.1. The zero-order valence-electron chi connectivity index (χ0n) is 19.6. The minimum Gasteiger partial charge on any atom is -0.337 e. The first kappa shape index (κ1) is 22.8. The molecule has 4 aromatic rings. The lowest BCUT2D eigenvalue weighted by molar-refractivity contribution is 0.0589. The van der Waals surface area contributed by atoms with E-state index in [0.717, 1.165) is 49.3 Å². The Labute approximate surface area is 205 Å². The van der Waals surface area contributed by atoms with Crippen LogP contribution in [0.15, 0.2) is 84.4 Å². The van der Waals surface area contributed by atoms with Crippen LogP contribution < -0.4 is 0 Å². The summed E-state index contributed by atoms with van der Waals surface area (Å²) in [6, 6.07) is 25.4. The lowest BCUT2D eigenvalue weighted by Crippen LogP contribution is -2.47. The fourth-order valence-electron chi connectivity index (χ4n) is 5.16. The first-order valence-corrected chi connectivity index (χ1v) is 13.0. The minimum absolute atomic E-state index is 0.141. The predicted octanol–water partition coefficient (Wildman–Crippen LogP) is 5.89. The molecule has 1 saturated heterocycles. The van der Waals surface area contributed by atoms with Crippen LogP contribution in [0.4, 0.5) is 0 Å². The van der Waals surface area contributed by atoms with Gasteiger partial charge in [0.25, 0.3) is 5.91 Å². The van der Waals surface area contributed by atoms with E-state index >= 15 is 0 Å². The fourth-order valence-corrected chi connectivity index (χ4v) is 5.87. The topological polar surface area (TPSA) is 36.4 Å². The van der Waals surface area contributed by atoms with Gasteiger partial charge >= 0.3 is 0 Å². The van der Waals surface area contributed by atoms with E-state index in [4.69, 9.17) is 0 Å². The van der Waals surface area contributed by atoms with Gasteiger partial charge in [0.05, 0.1) is 10.4 Å². The van der Waals surface area contributed by atoms with Crippen molar-refractivity contribution in [1.82, 2.24) is 14.8 Å². The number of carbonyl (C=O) groups excluding carboxylic acids is 1. The molecule has 2 aromatic carbocycles. The van der Waals surface area contributed by atoms with Gasteiger partial charge in [0.1, 0.15) is 0 Å². The number of amides is 1. The number of rotatable bonds is 7. The van der Waals surface area contributed by atoms with Crippen LogP contribution in [-0.4, -0.2) is 46.9 Å². The SMILES string of the molecule is CN(C(=O)c1cccs1)[C@H](Cc1ccccc1)C1CCN(Cc2ccc3cccnc3c2)CC1. The quantitative estimate of drug-likeness (QED) is 0.339. The highest BCUT2D eigenvalue weighted by molar-refractivity contribution is 7.12. The third kappa shape index (κ3) is 5.21. The molecule has 1 aliphatic heterocycles. The molecule has 5 heteroatoms. The molecule has 1 aliphatic rings. The van der Waals surface area contributed by atoms with E-state index in [-0.39, 0.29) is 11.9 Å². The van der Waals surface area contributed by atoms with E-state index in [9.17, 15) is 4.79 Å². The number of nitrogens with zero attached hydrogens (tertiary/aromatic N) is 3. The molecule has 0 aliphatic carbocycles. The van der Waals surface area contributed by atoms with Crippen molar-refractivity contribution in [3.8, 4) is 0 Å². The molecule has 1 fully saturated rings. The van der Waals surface area contributed by atoms with E-state index < -0.39 is 0 Å². The molecular formula is C29H31N3OS. The van der Waals surface area contributed by atoms with Crippen LogP contribution in [0.1, 0.15) is 33.6 Å². The second-order valence-corrected chi connectivity index (χ2v) is 10.2. The van der Waals surface area contributed by atoms with E-state index in [1.54, 1.807) is 0 Å². The summed E-state index contributed by atoms with van der Waals surface area (Å²) >= 11 is 1.53. The molecule has 0 saturated carbocycles. The molecule has 34 heavy (non-hydrogen) atoms. The maximum absolute atomic E-state index is 13.2. The first-order chi connectivity index (χ1) is 16.7. The van der Waals surface area contributed by atoms with Gasteiger partial charge in [-0.05, 0) is 73.0 Å². The van der Waals surface area contributed by atoms with Gasteiger partial charge in [0.2, 0.25) is 0 Å². The number of hydrogen-bond donors (Lipinski definition) is 0. The number of pyridine rings is 1. The Bertz CT molecular complexity index is 1220. The molecular weight excluding hydrogens is 438 g/mol. The third-order valence-electron chi connectivity index (χ3n) is 7.09. The van der Waals surface area contributed by atoms with E-state index in [2.05, 4.69) is 64.5 Å². The van der Waals surface area contributed by atoms with Crippen LogP contribution >= 0.6 is 11.3 Å². The van der Waals surface area contributed by atoms with Gasteiger partial charge in [0, 0.05) is 31.2 Å². The molecule has 0 bridgehead atoms. The highest BCUT2D eigenvalue weighted by Gasteiger charge is 2.32. The molecule has 0 unspecified atom stereocenters. The van der Waals surface area contributed by atoms with Crippen LogP contribution in [0.3, 0.4) is 0 Å². The summed E-state index contributed by atoms with van der Waals surface area (Å²) in [5.74, 6) is 0.630. The number of hydrogen-bond acceptors (Lipinski definition) is 4. The van der Waals surface area contributed by atoms with E-state index in [1.807, 2.05) is 41.7 Å². The number of benzene rings is 2. The average molecular weight is 470 g/mol. The molecule has 5 rings (SSSR count). The van der Waals surface area contributed by atoms with Crippen LogP contribution in [-0.2, 0) is 13.0 Å². The number of piperidine rings is 1. The van der Waals surface area contributed by atoms with Crippen molar-refractivity contribution in [1.29, 1.82) is 0 Å². The van der Waals surface area contributed by atoms with Crippen molar-refractivity contribution >= 4 is 28.1 Å². The highest BCUT2D eigenvalue weighted by Crippen LogP contribution is 2.29. The fraction of sp³-hybridized carbons (Fsp3) is 0.310. The molecule has 1 amide bonds. The van der Waals surface area contributed by atoms with Crippen molar-refractivity contribution in [2.75, 3.05) is 20.1 Å². The van der Waals surface area contributed by atoms with Gasteiger partial charge < -0.3 is 4.90 Å². The van der Waals surface area contributed by atoms with Crippen molar-refractivity contribution < 1.29 is 4.79 Å². The number of thiophene rings is 1. The van der Waals surface area contributed by atoms with Gasteiger partial charge in [0.15, 0.2) is 0 Å². The zero-order chi connectivity index (χ0) is 23.3. The standard InChI is InChI=1S/C29H31N3OS/c1-31(29(33)28-10-6-18-34-28)27(20-22-7-3-2-4-8-22)25-13-16-32(17-14-25)21-23-11-12-24-9-5-15-30-26(24)19-23/h2-12,15,18-19,25,27H,13-14,16-17,20-21H2,1H3/t27-/m1/s1. The molecule has 4 nitrogen and oxygen atoms in total. The Hall–Kier alpha value is -3.02. The predicted molar refractivity (Wildman–Crippen MR) is 140 cm³/mol. The summed E-state index contributed by atoms with van der Waals surface area (Å²) in [5, 5.41) is 3.17. The number of aromatic nitrogens is 1. The molecule has 0 radical (unpaired) electrons. The summed E-state index contributed by atoms with van der Waals surface area (Å²) < 4.78 is 0. The normalized spacial score (nSPS) is 15.9. The van der Waals surface area contributed by atoms with Gasteiger partial charge in [-0.25, -0.2) is 0 Å². The molecule has 174 valence electrons. The molecule has 0 spiro atoms. The lowest BCUT2D eigenvalue weighted by Gasteiger charge is -2.40. The summed E-state index contributed by atoms with van der Waals surface area (Å²) in [5.41, 5.74) is 3.67. The Kier molecular flexibility index (Phi) is 7.02. The minimum atomic E-state index is 0.141. The molecule has 1 atom stereocenters. The third-order valence-corrected chi connectivity index (χ3v) is 7.95. The van der Waals surface area contributed by atoms with Gasteiger partial charge in [-0.2, -0.15) is 0 Å². The summed E-state index contributed by atoms with van der Waals surface area (Å²) in [7, 11) is 1.99. The largest absolute Gasteiger partial charge is 0.337 e. The van der Waals surface area contributed by atoms with Gasteiger partial charge in [-0.3, -0.25) is 14.7 Å². The molecule has 0 N–H and O–H groups in total. The van der Waals surface area contributed by atoms with Crippen molar-refractivity contribution in [3.05, 3.63) is 100 Å². The number of fused-ring (bicyclic) bond motifs is 1. The second kappa shape index (κ2) is 10.5. The Balaban J connectivity index is 1.27. The number of likely N-dealkylation sites (tertiary alicyclic amines) is 1. The zero-order valence-corrected chi connectivity index (χ0v) is 20.5. The second-order valence-electron chi connectivity index (χ2n) is 9.29. The summed E-state index contributed by atoms with van der Waals surface area (Å²) in [4.78, 5) is 23.1. The van der Waals surface area contributed by atoms with Crippen molar-refractivity contribution in [2.24, 2.45) is 5.92 Å². The summed E-state index contributed by atoms with van der Waals surface area (Å²) in [6.45, 7) is 3.06. The van der Waals surface area contributed by atoms with Crippen molar-refractivity contribution in [3.63, 3.8) is 0 Å². The summed E-state index contributed by atoms with van der Waals surface area (Å²) in [6.07, 6.45) is 4.96. The smallest absolute Gasteiger partial charge is 0.263 e. The Morgan fingerprint density at radius 2 is 1.85 bits per heavy atom. The Morgan fingerprint density at radius 1 is 1.03 bits per heavy atom. The molecule has 3 heterocycles. The molecule has 2 aromatic heterocycles. The number of likely N-dealkylation sites (N-methyl/N-ethyl adjacent to an activating group) is 1. The maximum Gasteiger partial charge on any atom is 0.263 e. The van der Waals surface area contributed by atoms with E-state index in [1.165, 1.54) is 27.8 Å². The van der Waals surface area contributed by atoms with Crippen LogP contribution in [0, 0.1) is 5.92 Å². The van der Waals surface area contributed by atoms with E-state index in [0.29, 0.717) is 5.92 Å². The Morgan fingerprint density at radius 3 is 2.62 bits per heavy atom. The maximum atomic E-state index is 13.2. The van der Waals surface area contributed by atoms with Gasteiger partial charge in [-0.1, -0.05) is 54.6 Å². The van der Waals surface area contributed by atoms with Crippen molar-refractivity contribution in [2.45, 2.75) is 31.8 Å². The van der Waals surface area contributed by atoms with Crippen LogP contribution in [0.25, 0.3) is 10.9 Å². The average Bonchev–Trinajstić information content (AvgIpc) is 3.43. The van der Waals surface area contributed by atoms with Gasteiger partial charge in [-0.15, -0.1) is 11.3 Å². The monoisotopic (exact) mass is 469 g/mol. The highest BCUT2D eigenvalue weighted by atomic mass is 32.1. The van der Waals surface area contributed by atoms with Crippen LogP contribution in [0.2, 0.25) is 0 Å². The lowest BCUT2D eigenvalue weighted by atomic mass is 9.84. The van der Waals surface area contributed by atoms with Crippen LogP contribution in [0.5, 0.6) is 0 Å².